The van der Waals surface area contributed by atoms with Gasteiger partial charge in [0.25, 0.3) is 0 Å². The quantitative estimate of drug-likeness (QED) is 0.476. The molecule has 0 saturated carbocycles. The molecule has 0 amide bonds. The third kappa shape index (κ3) is 3.01. The molecule has 0 aromatic heterocycles. The van der Waals surface area contributed by atoms with Crippen LogP contribution in [0.3, 0.4) is 0 Å². The van der Waals surface area contributed by atoms with Crippen LogP contribution in [-0.2, 0) is 0 Å². The molecular weight excluding hydrogens is 338 g/mol. The van der Waals surface area contributed by atoms with Crippen LogP contribution >= 0.6 is 0 Å². The Morgan fingerprint density at radius 2 is 1.46 bits per heavy atom. The fourth-order valence-electron chi connectivity index (χ4n) is 4.33. The van der Waals surface area contributed by atoms with Crippen LogP contribution in [0.25, 0.3) is 10.8 Å². The Labute approximate surface area is 167 Å². The Hall–Kier alpha value is -2.93. The molecule has 0 radical (unpaired) electrons. The summed E-state index contributed by atoms with van der Waals surface area (Å²) < 4.78 is 0. The number of fused-ring (bicyclic) bond motifs is 1. The Balaban J connectivity index is 1.95. The van der Waals surface area contributed by atoms with Crippen molar-refractivity contribution in [3.63, 3.8) is 0 Å². The molecule has 0 aliphatic heterocycles. The van der Waals surface area contributed by atoms with Crippen molar-refractivity contribution in [1.82, 2.24) is 0 Å². The van der Waals surface area contributed by atoms with E-state index >= 15 is 0 Å². The minimum absolute atomic E-state index is 0.242. The highest BCUT2D eigenvalue weighted by molar-refractivity contribution is 6.14. The van der Waals surface area contributed by atoms with Gasteiger partial charge in [-0.15, -0.1) is 0 Å². The van der Waals surface area contributed by atoms with Crippen LogP contribution in [0.5, 0.6) is 0 Å². The van der Waals surface area contributed by atoms with Crippen molar-refractivity contribution < 1.29 is 0 Å². The van der Waals surface area contributed by atoms with Gasteiger partial charge in [0.15, 0.2) is 0 Å². The average molecular weight is 366 g/mol. The van der Waals surface area contributed by atoms with Gasteiger partial charge < -0.3 is 0 Å². The molecular formula is C27H27N. The van der Waals surface area contributed by atoms with Crippen LogP contribution < -0.4 is 0 Å². The molecule has 3 aromatic carbocycles. The molecule has 0 fully saturated rings. The maximum atomic E-state index is 9.13. The number of aryl methyl sites for hydroxylation is 1. The number of hydrogen-bond donors (Lipinski definition) is 1. The van der Waals surface area contributed by atoms with E-state index in [0.717, 1.165) is 11.1 Å². The van der Waals surface area contributed by atoms with Gasteiger partial charge in [-0.3, -0.25) is 5.41 Å². The Morgan fingerprint density at radius 3 is 2.11 bits per heavy atom. The summed E-state index contributed by atoms with van der Waals surface area (Å²) in [5.41, 5.74) is 10.3. The highest BCUT2D eigenvalue weighted by Gasteiger charge is 2.23. The zero-order chi connectivity index (χ0) is 20.0. The first-order valence-electron chi connectivity index (χ1n) is 9.92. The van der Waals surface area contributed by atoms with Crippen molar-refractivity contribution >= 4 is 16.5 Å². The molecule has 1 N–H and O–H groups in total. The minimum Gasteiger partial charge on any atom is -0.300 e. The monoisotopic (exact) mass is 365 g/mol. The molecule has 0 bridgehead atoms. The van der Waals surface area contributed by atoms with E-state index < -0.39 is 0 Å². The van der Waals surface area contributed by atoms with Crippen LogP contribution in [0.2, 0.25) is 0 Å². The largest absolute Gasteiger partial charge is 0.300 e. The van der Waals surface area contributed by atoms with Crippen molar-refractivity contribution in [3.8, 4) is 0 Å². The lowest BCUT2D eigenvalue weighted by atomic mass is 9.84. The molecule has 28 heavy (non-hydrogen) atoms. The lowest BCUT2D eigenvalue weighted by Crippen LogP contribution is -2.11. The molecule has 3 aromatic rings. The van der Waals surface area contributed by atoms with Crippen molar-refractivity contribution in [1.29, 1.82) is 5.41 Å². The van der Waals surface area contributed by atoms with Gasteiger partial charge in [-0.25, -0.2) is 0 Å². The van der Waals surface area contributed by atoms with E-state index in [1.165, 1.54) is 44.2 Å². The van der Waals surface area contributed by atoms with Crippen LogP contribution in [-0.4, -0.2) is 5.71 Å². The van der Waals surface area contributed by atoms with Crippen LogP contribution in [0, 0.1) is 26.2 Å². The fourth-order valence-corrected chi connectivity index (χ4v) is 4.33. The zero-order valence-corrected chi connectivity index (χ0v) is 17.4. The molecule has 0 heterocycles. The van der Waals surface area contributed by atoms with Gasteiger partial charge in [0.1, 0.15) is 0 Å². The Bertz CT molecular complexity index is 1170. The van der Waals surface area contributed by atoms with Crippen molar-refractivity contribution in [2.24, 2.45) is 0 Å². The third-order valence-electron chi connectivity index (χ3n) is 6.23. The number of nitrogens with one attached hydrogen (secondary N) is 1. The van der Waals surface area contributed by atoms with Gasteiger partial charge in [0.05, 0.1) is 5.71 Å². The topological polar surface area (TPSA) is 23.9 Å². The summed E-state index contributed by atoms with van der Waals surface area (Å²) in [7, 11) is 0. The van der Waals surface area contributed by atoms with Crippen LogP contribution in [0.15, 0.2) is 71.8 Å². The first-order valence-corrected chi connectivity index (χ1v) is 9.92. The van der Waals surface area contributed by atoms with E-state index in [-0.39, 0.29) is 5.92 Å². The molecule has 1 unspecified atom stereocenters. The lowest BCUT2D eigenvalue weighted by molar-refractivity contribution is 1.01. The van der Waals surface area contributed by atoms with Gasteiger partial charge >= 0.3 is 0 Å². The molecule has 1 aliphatic carbocycles. The number of hydrogen-bond acceptors (Lipinski definition) is 1. The summed E-state index contributed by atoms with van der Waals surface area (Å²) in [5.74, 6) is 0.242. The summed E-state index contributed by atoms with van der Waals surface area (Å²) in [6.45, 7) is 10.8. The number of rotatable bonds is 3. The van der Waals surface area contributed by atoms with E-state index in [9.17, 15) is 0 Å². The number of allylic oxidation sites excluding steroid dienone is 4. The van der Waals surface area contributed by atoms with E-state index in [1.807, 2.05) is 0 Å². The van der Waals surface area contributed by atoms with Crippen molar-refractivity contribution in [3.05, 3.63) is 105 Å². The van der Waals surface area contributed by atoms with Crippen LogP contribution in [0.4, 0.5) is 0 Å². The van der Waals surface area contributed by atoms with Crippen molar-refractivity contribution in [2.45, 2.75) is 40.5 Å². The first-order chi connectivity index (χ1) is 13.4. The summed E-state index contributed by atoms with van der Waals surface area (Å²) in [5, 5.41) is 11.6. The van der Waals surface area contributed by atoms with Crippen molar-refractivity contribution in [2.75, 3.05) is 0 Å². The molecule has 1 aliphatic rings. The minimum atomic E-state index is 0.242. The molecule has 1 atom stereocenters. The molecule has 140 valence electrons. The SMILES string of the molecule is CC1=CC(c2cc3ccccc3cc2C(=N)c2ccc(C)c(C)c2C)C(C)=C1. The highest BCUT2D eigenvalue weighted by Crippen LogP contribution is 2.37. The highest BCUT2D eigenvalue weighted by atomic mass is 14.4. The summed E-state index contributed by atoms with van der Waals surface area (Å²) in [4.78, 5) is 0. The van der Waals surface area contributed by atoms with Crippen LogP contribution in [0.1, 0.15) is 53.1 Å². The Kier molecular flexibility index (Phi) is 4.55. The smallest absolute Gasteiger partial charge is 0.0690 e. The molecule has 4 rings (SSSR count). The summed E-state index contributed by atoms with van der Waals surface area (Å²) in [6, 6.07) is 17.2. The van der Waals surface area contributed by atoms with Gasteiger partial charge in [-0.2, -0.15) is 0 Å². The normalized spacial score (nSPS) is 16.2. The second-order valence-electron chi connectivity index (χ2n) is 8.12. The predicted molar refractivity (Wildman–Crippen MR) is 121 cm³/mol. The second kappa shape index (κ2) is 6.91. The maximum Gasteiger partial charge on any atom is 0.0690 e. The third-order valence-corrected chi connectivity index (χ3v) is 6.23. The summed E-state index contributed by atoms with van der Waals surface area (Å²) in [6.07, 6.45) is 4.58. The van der Waals surface area contributed by atoms with Gasteiger partial charge in [-0.1, -0.05) is 59.7 Å². The lowest BCUT2D eigenvalue weighted by Gasteiger charge is -2.20. The molecule has 0 spiro atoms. The molecule has 0 saturated heterocycles. The summed E-state index contributed by atoms with van der Waals surface area (Å²) >= 11 is 0. The average Bonchev–Trinajstić information content (AvgIpc) is 3.02. The van der Waals surface area contributed by atoms with Gasteiger partial charge in [0, 0.05) is 17.0 Å². The standard InChI is InChI=1S/C27H27N/c1-16-12-18(3)24(13-16)25-14-21-8-6-7-9-22(21)15-26(25)27(28)23-11-10-17(2)19(4)20(23)5/h6-15,24,28H,1-5H3. The van der Waals surface area contributed by atoms with E-state index in [1.54, 1.807) is 0 Å². The maximum absolute atomic E-state index is 9.13. The van der Waals surface area contributed by atoms with E-state index in [2.05, 4.69) is 95.3 Å². The van der Waals surface area contributed by atoms with E-state index in [4.69, 9.17) is 5.41 Å². The Morgan fingerprint density at radius 1 is 0.786 bits per heavy atom. The van der Waals surface area contributed by atoms with E-state index in [0.29, 0.717) is 5.71 Å². The molecule has 1 heteroatoms. The predicted octanol–water partition coefficient (Wildman–Crippen LogP) is 7.17. The molecule has 1 nitrogen and oxygen atoms in total. The zero-order valence-electron chi connectivity index (χ0n) is 17.4. The first kappa shape index (κ1) is 18.4. The van der Waals surface area contributed by atoms with Gasteiger partial charge in [-0.05, 0) is 79.8 Å². The fraction of sp³-hybridized carbons (Fsp3) is 0.222. The second-order valence-corrected chi connectivity index (χ2v) is 8.12. The number of benzene rings is 3. The van der Waals surface area contributed by atoms with Gasteiger partial charge in [0.2, 0.25) is 0 Å².